The van der Waals surface area contributed by atoms with E-state index < -0.39 is 9.84 Å². The summed E-state index contributed by atoms with van der Waals surface area (Å²) in [6.45, 7) is 1.93. The quantitative estimate of drug-likeness (QED) is 0.692. The van der Waals surface area contributed by atoms with Crippen molar-refractivity contribution in [2.45, 2.75) is 41.8 Å². The number of fused-ring (bicyclic) bond motifs is 1. The number of rotatable bonds is 3. The molecule has 0 amide bonds. The van der Waals surface area contributed by atoms with Gasteiger partial charge in [0.1, 0.15) is 0 Å². The monoisotopic (exact) mass is 370 g/mol. The van der Waals surface area contributed by atoms with Gasteiger partial charge in [-0.3, -0.25) is 0 Å². The summed E-state index contributed by atoms with van der Waals surface area (Å²) in [5, 5.41) is 0. The van der Waals surface area contributed by atoms with E-state index in [0.29, 0.717) is 5.82 Å². The van der Waals surface area contributed by atoms with Crippen molar-refractivity contribution in [3.05, 3.63) is 59.2 Å². The van der Waals surface area contributed by atoms with Crippen molar-refractivity contribution in [2.24, 2.45) is 0 Å². The molecule has 25 heavy (non-hydrogen) atoms. The zero-order chi connectivity index (χ0) is 17.4. The number of hydrogen-bond donors (Lipinski definition) is 0. The first-order valence-corrected chi connectivity index (χ1v) is 10.6. The van der Waals surface area contributed by atoms with Crippen LogP contribution in [0.2, 0.25) is 0 Å². The van der Waals surface area contributed by atoms with Gasteiger partial charge in [0.2, 0.25) is 14.2 Å². The number of aryl methyl sites for hydroxylation is 3. The van der Waals surface area contributed by atoms with Gasteiger partial charge >= 0.3 is 0 Å². The minimum atomic E-state index is -3.62. The number of sulfone groups is 1. The summed E-state index contributed by atoms with van der Waals surface area (Å²) in [7, 11) is -3.62. The van der Waals surface area contributed by atoms with Crippen LogP contribution in [0, 0.1) is 6.92 Å². The van der Waals surface area contributed by atoms with Crippen molar-refractivity contribution in [1.29, 1.82) is 0 Å². The van der Waals surface area contributed by atoms with Gasteiger partial charge in [0.05, 0.1) is 4.90 Å². The van der Waals surface area contributed by atoms with Crippen molar-refractivity contribution in [1.82, 2.24) is 9.36 Å². The minimum Gasteiger partial charge on any atom is -0.216 e. The van der Waals surface area contributed by atoms with Crippen LogP contribution in [0.5, 0.6) is 0 Å². The van der Waals surface area contributed by atoms with Gasteiger partial charge in [0.15, 0.2) is 5.82 Å². The fourth-order valence-corrected chi connectivity index (χ4v) is 5.26. The molecular formula is C19H18N2O2S2. The molecule has 6 heteroatoms. The molecule has 0 radical (unpaired) electrons. The van der Waals surface area contributed by atoms with E-state index in [2.05, 4.69) is 21.5 Å². The molecule has 0 atom stereocenters. The van der Waals surface area contributed by atoms with Gasteiger partial charge in [-0.25, -0.2) is 13.4 Å². The van der Waals surface area contributed by atoms with Gasteiger partial charge in [0, 0.05) is 5.56 Å². The van der Waals surface area contributed by atoms with Gasteiger partial charge in [0.25, 0.3) is 0 Å². The standard InChI is InChI=1S/C19H18N2O2S2/c1-13-6-10-17(11-7-13)25(22,23)19-20-18(21-24-19)16-9-8-14-4-2-3-5-15(14)12-16/h6-12H,2-5H2,1H3. The van der Waals surface area contributed by atoms with E-state index in [4.69, 9.17) is 0 Å². The highest BCUT2D eigenvalue weighted by atomic mass is 32.2. The van der Waals surface area contributed by atoms with Crippen LogP contribution < -0.4 is 0 Å². The van der Waals surface area contributed by atoms with Crippen LogP contribution in [0.15, 0.2) is 51.7 Å². The third kappa shape index (κ3) is 3.12. The van der Waals surface area contributed by atoms with E-state index in [1.807, 2.05) is 13.0 Å². The van der Waals surface area contributed by atoms with E-state index >= 15 is 0 Å². The zero-order valence-electron chi connectivity index (χ0n) is 13.9. The number of nitrogens with zero attached hydrogens (tertiary/aromatic N) is 2. The van der Waals surface area contributed by atoms with Crippen LogP contribution >= 0.6 is 11.5 Å². The maximum Gasteiger partial charge on any atom is 0.235 e. The molecule has 3 aromatic rings. The van der Waals surface area contributed by atoms with Crippen molar-refractivity contribution in [2.75, 3.05) is 0 Å². The van der Waals surface area contributed by atoms with Gasteiger partial charge < -0.3 is 0 Å². The molecule has 128 valence electrons. The fourth-order valence-electron chi connectivity index (χ4n) is 3.13. The molecule has 0 N–H and O–H groups in total. The van der Waals surface area contributed by atoms with Gasteiger partial charge in [-0.1, -0.05) is 29.8 Å². The Kier molecular flexibility index (Phi) is 4.17. The molecule has 0 fully saturated rings. The molecule has 1 aliphatic carbocycles. The second-order valence-electron chi connectivity index (χ2n) is 6.39. The largest absolute Gasteiger partial charge is 0.235 e. The lowest BCUT2D eigenvalue weighted by Gasteiger charge is -2.15. The lowest BCUT2D eigenvalue weighted by molar-refractivity contribution is 0.595. The molecule has 1 aromatic heterocycles. The molecule has 1 aliphatic rings. The number of aromatic nitrogens is 2. The molecule has 4 nitrogen and oxygen atoms in total. The first-order valence-electron chi connectivity index (χ1n) is 8.32. The highest BCUT2D eigenvalue weighted by Gasteiger charge is 2.23. The number of benzene rings is 2. The van der Waals surface area contributed by atoms with Crippen LogP contribution in [0.1, 0.15) is 29.5 Å². The first kappa shape index (κ1) is 16.4. The second kappa shape index (κ2) is 6.35. The van der Waals surface area contributed by atoms with E-state index in [-0.39, 0.29) is 9.24 Å². The maximum atomic E-state index is 12.7. The maximum absolute atomic E-state index is 12.7. The van der Waals surface area contributed by atoms with Crippen molar-refractivity contribution >= 4 is 21.4 Å². The number of hydrogen-bond acceptors (Lipinski definition) is 5. The summed E-state index contributed by atoms with van der Waals surface area (Å²) >= 11 is 0.939. The second-order valence-corrected chi connectivity index (χ2v) is 9.27. The fraction of sp³-hybridized carbons (Fsp3) is 0.263. The average molecular weight is 370 g/mol. The van der Waals surface area contributed by atoms with Crippen LogP contribution in [-0.2, 0) is 22.7 Å². The van der Waals surface area contributed by atoms with Crippen molar-refractivity contribution < 1.29 is 8.42 Å². The summed E-state index contributed by atoms with van der Waals surface area (Å²) in [5.41, 5.74) is 4.63. The van der Waals surface area contributed by atoms with E-state index in [1.54, 1.807) is 24.3 Å². The van der Waals surface area contributed by atoms with Crippen LogP contribution in [0.4, 0.5) is 0 Å². The van der Waals surface area contributed by atoms with Crippen LogP contribution in [-0.4, -0.2) is 17.8 Å². The van der Waals surface area contributed by atoms with E-state index in [1.165, 1.54) is 24.0 Å². The Morgan fingerprint density at radius 3 is 2.44 bits per heavy atom. The Morgan fingerprint density at radius 1 is 0.960 bits per heavy atom. The molecule has 2 aromatic carbocycles. The third-order valence-corrected chi connectivity index (χ3v) is 7.41. The Labute approximate surface area is 151 Å². The molecule has 0 aliphatic heterocycles. The minimum absolute atomic E-state index is 0.0454. The summed E-state index contributed by atoms with van der Waals surface area (Å²) in [4.78, 5) is 4.58. The summed E-state index contributed by atoms with van der Waals surface area (Å²) in [6, 6.07) is 13.0. The molecule has 0 saturated carbocycles. The predicted octanol–water partition coefficient (Wildman–Crippen LogP) is 4.23. The summed E-state index contributed by atoms with van der Waals surface area (Å²) < 4.78 is 29.8. The average Bonchev–Trinajstić information content (AvgIpc) is 3.13. The molecule has 4 rings (SSSR count). The van der Waals surface area contributed by atoms with Crippen molar-refractivity contribution in [3.8, 4) is 11.4 Å². The Morgan fingerprint density at radius 2 is 1.68 bits per heavy atom. The molecule has 1 heterocycles. The Balaban J connectivity index is 1.69. The first-order chi connectivity index (χ1) is 12.0. The topological polar surface area (TPSA) is 59.9 Å². The molecule has 0 unspecified atom stereocenters. The summed E-state index contributed by atoms with van der Waals surface area (Å²) in [6.07, 6.45) is 4.63. The Bertz CT molecular complexity index is 1020. The third-order valence-electron chi connectivity index (χ3n) is 4.58. The normalized spacial score (nSPS) is 14.3. The van der Waals surface area contributed by atoms with Gasteiger partial charge in [-0.05, 0) is 73.5 Å². The van der Waals surface area contributed by atoms with Crippen LogP contribution in [0.25, 0.3) is 11.4 Å². The lowest BCUT2D eigenvalue weighted by Crippen LogP contribution is -2.03. The Hall–Kier alpha value is -2.05. The lowest BCUT2D eigenvalue weighted by atomic mass is 9.90. The molecule has 0 saturated heterocycles. The highest BCUT2D eigenvalue weighted by Crippen LogP contribution is 2.29. The highest BCUT2D eigenvalue weighted by molar-refractivity contribution is 7.93. The van der Waals surface area contributed by atoms with Gasteiger partial charge in [-0.15, -0.1) is 0 Å². The van der Waals surface area contributed by atoms with E-state index in [9.17, 15) is 8.42 Å². The molecular weight excluding hydrogens is 352 g/mol. The smallest absolute Gasteiger partial charge is 0.216 e. The predicted molar refractivity (Wildman–Crippen MR) is 98.6 cm³/mol. The molecule has 0 spiro atoms. The van der Waals surface area contributed by atoms with Crippen LogP contribution in [0.3, 0.4) is 0 Å². The molecule has 0 bridgehead atoms. The van der Waals surface area contributed by atoms with Crippen molar-refractivity contribution in [3.63, 3.8) is 0 Å². The van der Waals surface area contributed by atoms with E-state index in [0.717, 1.165) is 35.5 Å². The summed E-state index contributed by atoms with van der Waals surface area (Å²) in [5.74, 6) is 0.490. The zero-order valence-corrected chi connectivity index (χ0v) is 15.5. The SMILES string of the molecule is Cc1ccc(S(=O)(=O)c2nc(-c3ccc4c(c3)CCCC4)ns2)cc1. The van der Waals surface area contributed by atoms with Gasteiger partial charge in [-0.2, -0.15) is 4.37 Å².